The maximum Gasteiger partial charge on any atom is 0.156 e. The molecule has 0 saturated carbocycles. The predicted molar refractivity (Wildman–Crippen MR) is 514 cm³/mol. The molecule has 19 aromatic carbocycles. The van der Waals surface area contributed by atoms with E-state index in [0.717, 1.165) is 112 Å². The van der Waals surface area contributed by atoms with Crippen LogP contribution >= 0.6 is 0 Å². The molecule has 2 aromatic heterocycles. The SMILES string of the molecule is CC1(C)c2ccccc2-c2ccc(N(c3ccc(-c4ccccc4)cc3)c3ccc(-n4c5ccccc5c5ccc6c(c54)Oc4ccccc4C64c5ccccc5-c5ccccc54)cc3)cc21.c1ccc(-c2ccc(N(c3ccccc3)c3ccc(-n4c5ccccc5c5ccc6c(c54)Oc4ccccc4C64c5ccccc5-c5ccccc54)cc3)cc2)cc1. The number of benzene rings is 19. The molecule has 0 amide bonds. The highest BCUT2D eigenvalue weighted by Gasteiger charge is 2.54. The van der Waals surface area contributed by atoms with E-state index in [-0.39, 0.29) is 5.41 Å². The third-order valence-corrected chi connectivity index (χ3v) is 27.3. The average molecular weight is 1600 g/mol. The summed E-state index contributed by atoms with van der Waals surface area (Å²) in [6.07, 6.45) is 0. The number of ether oxygens (including phenoxy) is 2. The molecular formula is C119H80N4O2. The van der Waals surface area contributed by atoms with Gasteiger partial charge in [0.1, 0.15) is 11.5 Å². The Bertz CT molecular complexity index is 7830. The summed E-state index contributed by atoms with van der Waals surface area (Å²) < 4.78 is 19.3. The number of nitrogens with zero attached hydrogens (tertiary/aromatic N) is 4. The lowest BCUT2D eigenvalue weighted by Gasteiger charge is -2.39. The van der Waals surface area contributed by atoms with Gasteiger partial charge in [-0.15, -0.1) is 0 Å². The molecule has 588 valence electrons. The van der Waals surface area contributed by atoms with Gasteiger partial charge in [0.25, 0.3) is 0 Å². The van der Waals surface area contributed by atoms with Gasteiger partial charge in [-0.25, -0.2) is 0 Å². The van der Waals surface area contributed by atoms with Crippen molar-refractivity contribution in [2.75, 3.05) is 9.80 Å². The summed E-state index contributed by atoms with van der Waals surface area (Å²) >= 11 is 0. The number of rotatable bonds is 10. The van der Waals surface area contributed by atoms with Gasteiger partial charge >= 0.3 is 0 Å². The Labute approximate surface area is 725 Å². The predicted octanol–water partition coefficient (Wildman–Crippen LogP) is 31.1. The van der Waals surface area contributed by atoms with E-state index in [0.29, 0.717) is 0 Å². The summed E-state index contributed by atoms with van der Waals surface area (Å²) in [7, 11) is 0. The Morgan fingerprint density at radius 3 is 0.920 bits per heavy atom. The van der Waals surface area contributed by atoms with Gasteiger partial charge in [-0.2, -0.15) is 0 Å². The Balaban J connectivity index is 0.000000138. The summed E-state index contributed by atoms with van der Waals surface area (Å²) in [6.45, 7) is 4.71. The van der Waals surface area contributed by atoms with E-state index in [1.54, 1.807) is 0 Å². The van der Waals surface area contributed by atoms with Crippen molar-refractivity contribution in [1.29, 1.82) is 0 Å². The molecule has 0 radical (unpaired) electrons. The third kappa shape index (κ3) is 10.6. The highest BCUT2D eigenvalue weighted by molar-refractivity contribution is 6.14. The highest BCUT2D eigenvalue weighted by Crippen LogP contribution is 2.66. The third-order valence-electron chi connectivity index (χ3n) is 27.3. The zero-order chi connectivity index (χ0) is 82.6. The maximum absolute atomic E-state index is 7.27. The largest absolute Gasteiger partial charge is 0.454 e. The Hall–Kier alpha value is -16.0. The van der Waals surface area contributed by atoms with Gasteiger partial charge in [-0.1, -0.05) is 341 Å². The van der Waals surface area contributed by atoms with Crippen LogP contribution < -0.4 is 19.3 Å². The van der Waals surface area contributed by atoms with Crippen LogP contribution in [0.25, 0.3) is 111 Å². The standard InChI is InChI=1S/C64H44N2O.C55H36N2O/c1-63(2)53-22-10-6-18-47(53)50-37-36-46(40-58(50)63)65(43-30-28-42(29-31-43)41-16-4-3-5-17-41)44-32-34-45(35-33-44)66-59-26-14-9-21-51(59)52-38-39-57-62(61(52)66)67-60-27-15-13-25-56(60)64(57)54-23-11-7-19-48(54)49-20-8-12-24-55(49)64;1-3-15-37(16-4-1)38-27-29-40(30-28-38)56(39-17-5-2-6-18-39)41-31-33-42(34-32-41)57-51-25-13-9-21-45(51)46-35-36-50-54(53(46)57)58-52-26-14-12-24-49(52)55(50)47-22-10-7-19-43(47)44-20-8-11-23-48(44)55/h3-40H,1-2H3;1-36H. The van der Waals surface area contributed by atoms with Crippen LogP contribution in [0.4, 0.5) is 34.1 Å². The lowest BCUT2D eigenvalue weighted by atomic mass is 9.66. The van der Waals surface area contributed by atoms with Crippen LogP contribution in [0.5, 0.6) is 23.0 Å². The summed E-state index contributed by atoms with van der Waals surface area (Å²) in [5.74, 6) is 3.56. The lowest BCUT2D eigenvalue weighted by molar-refractivity contribution is 0.440. The second kappa shape index (κ2) is 28.0. The highest BCUT2D eigenvalue weighted by atomic mass is 16.5. The van der Waals surface area contributed by atoms with Crippen molar-refractivity contribution >= 4 is 77.7 Å². The van der Waals surface area contributed by atoms with Gasteiger partial charge in [-0.3, -0.25) is 0 Å². The minimum absolute atomic E-state index is 0.131. The second-order valence-electron chi connectivity index (χ2n) is 34.0. The van der Waals surface area contributed by atoms with Crippen LogP contribution in [0.15, 0.2) is 449 Å². The fraction of sp³-hybridized carbons (Fsp3) is 0.0420. The molecule has 3 aliphatic carbocycles. The monoisotopic (exact) mass is 1600 g/mol. The number of fused-ring (bicyclic) bond motifs is 29. The van der Waals surface area contributed by atoms with Crippen LogP contribution in [0, 0.1) is 0 Å². The molecular weight excluding hydrogens is 1520 g/mol. The van der Waals surface area contributed by atoms with Crippen LogP contribution in [0.2, 0.25) is 0 Å². The van der Waals surface area contributed by atoms with Gasteiger partial charge in [-0.05, 0) is 210 Å². The Morgan fingerprint density at radius 1 is 0.208 bits per heavy atom. The fourth-order valence-electron chi connectivity index (χ4n) is 21.9. The van der Waals surface area contributed by atoms with E-state index in [1.807, 2.05) is 0 Å². The second-order valence-corrected chi connectivity index (χ2v) is 34.0. The lowest BCUT2D eigenvalue weighted by Crippen LogP contribution is -2.32. The molecule has 0 atom stereocenters. The van der Waals surface area contributed by atoms with Crippen LogP contribution in [0.3, 0.4) is 0 Å². The molecule has 0 unspecified atom stereocenters. The number of hydrogen-bond donors (Lipinski definition) is 0. The Morgan fingerprint density at radius 2 is 0.504 bits per heavy atom. The van der Waals surface area contributed by atoms with Crippen molar-refractivity contribution in [3.8, 4) is 90.0 Å². The first-order chi connectivity index (χ1) is 61.8. The zero-order valence-corrected chi connectivity index (χ0v) is 68.8. The number of anilines is 6. The van der Waals surface area contributed by atoms with Gasteiger partial charge < -0.3 is 28.4 Å². The molecule has 6 heteroatoms. The first-order valence-corrected chi connectivity index (χ1v) is 43.3. The van der Waals surface area contributed by atoms with Crippen molar-refractivity contribution in [2.24, 2.45) is 0 Å². The maximum atomic E-state index is 7.27. The number of aromatic nitrogens is 2. The quantitative estimate of drug-likeness (QED) is 0.137. The first-order valence-electron chi connectivity index (χ1n) is 43.3. The molecule has 125 heavy (non-hydrogen) atoms. The topological polar surface area (TPSA) is 34.8 Å². The van der Waals surface area contributed by atoms with Crippen molar-refractivity contribution in [2.45, 2.75) is 30.1 Å². The van der Waals surface area contributed by atoms with Crippen molar-refractivity contribution in [3.05, 3.63) is 505 Å². The minimum Gasteiger partial charge on any atom is -0.454 e. The summed E-state index contributed by atoms with van der Waals surface area (Å²) in [6, 6.07) is 163. The van der Waals surface area contributed by atoms with Gasteiger partial charge in [0.2, 0.25) is 0 Å². The first kappa shape index (κ1) is 71.9. The summed E-state index contributed by atoms with van der Waals surface area (Å²) in [4.78, 5) is 4.73. The smallest absolute Gasteiger partial charge is 0.156 e. The number of hydrogen-bond acceptors (Lipinski definition) is 4. The van der Waals surface area contributed by atoms with Gasteiger partial charge in [0, 0.05) is 94.7 Å². The molecule has 2 spiro atoms. The van der Waals surface area contributed by atoms with Crippen molar-refractivity contribution < 1.29 is 9.47 Å². The number of para-hydroxylation sites is 5. The molecule has 21 aromatic rings. The average Bonchev–Trinajstić information content (AvgIpc) is 1.53. The van der Waals surface area contributed by atoms with Crippen LogP contribution in [-0.2, 0) is 16.2 Å². The van der Waals surface area contributed by atoms with Crippen molar-refractivity contribution in [3.63, 3.8) is 0 Å². The van der Waals surface area contributed by atoms with Crippen LogP contribution in [0.1, 0.15) is 69.5 Å². The molecule has 0 saturated heterocycles. The molecule has 26 rings (SSSR count). The van der Waals surface area contributed by atoms with Crippen molar-refractivity contribution in [1.82, 2.24) is 9.13 Å². The van der Waals surface area contributed by atoms with E-state index in [2.05, 4.69) is 482 Å². The molecule has 0 N–H and O–H groups in total. The van der Waals surface area contributed by atoms with E-state index >= 15 is 0 Å². The molecule has 6 nitrogen and oxygen atoms in total. The molecule has 5 aliphatic rings. The zero-order valence-electron chi connectivity index (χ0n) is 68.8. The summed E-state index contributed by atoms with van der Waals surface area (Å²) in [5, 5.41) is 4.71. The molecule has 0 bridgehead atoms. The Kier molecular flexibility index (Phi) is 16.1. The fourth-order valence-corrected chi connectivity index (χ4v) is 21.9. The molecule has 2 aliphatic heterocycles. The molecule has 4 heterocycles. The van der Waals surface area contributed by atoms with E-state index in [1.165, 1.54) is 111 Å². The minimum atomic E-state index is -0.556. The van der Waals surface area contributed by atoms with E-state index in [4.69, 9.17) is 9.47 Å². The van der Waals surface area contributed by atoms with Crippen LogP contribution in [-0.4, -0.2) is 9.13 Å². The summed E-state index contributed by atoms with van der Waals surface area (Å²) in [5.41, 5.74) is 36.9. The van der Waals surface area contributed by atoms with E-state index < -0.39 is 10.8 Å². The van der Waals surface area contributed by atoms with Gasteiger partial charge in [0.15, 0.2) is 11.5 Å². The van der Waals surface area contributed by atoms with E-state index in [9.17, 15) is 0 Å². The normalized spacial score (nSPS) is 13.7. The molecule has 0 fully saturated rings. The van der Waals surface area contributed by atoms with Gasteiger partial charge in [0.05, 0.1) is 32.9 Å².